The summed E-state index contributed by atoms with van der Waals surface area (Å²) in [7, 11) is 0. The van der Waals surface area contributed by atoms with Crippen LogP contribution in [0.3, 0.4) is 0 Å². The number of ether oxygens (including phenoxy) is 1. The van der Waals surface area contributed by atoms with E-state index in [2.05, 4.69) is 9.88 Å². The number of aliphatic hydroxyl groups excluding tert-OH is 1. The molecule has 1 aromatic carbocycles. The molecular formula is C27H35F2N3O3. The number of aliphatic hydroxyl groups is 1. The zero-order valence-corrected chi connectivity index (χ0v) is 20.6. The first-order valence-electron chi connectivity index (χ1n) is 12.5. The number of hydrogen-bond donors (Lipinski definition) is 1. The Morgan fingerprint density at radius 2 is 1.89 bits per heavy atom. The van der Waals surface area contributed by atoms with E-state index in [-0.39, 0.29) is 24.1 Å². The Hall–Kier alpha value is -2.58. The van der Waals surface area contributed by atoms with E-state index in [0.717, 1.165) is 44.3 Å². The number of piperidine rings is 1. The Bertz CT molecular complexity index is 1000. The number of likely N-dealkylation sites (tertiary alicyclic amines) is 2. The summed E-state index contributed by atoms with van der Waals surface area (Å²) in [5.41, 5.74) is 0.196. The molecule has 0 saturated carbocycles. The van der Waals surface area contributed by atoms with Crippen molar-refractivity contribution in [3.05, 3.63) is 47.9 Å². The molecule has 4 rings (SSSR count). The topological polar surface area (TPSA) is 65.9 Å². The fourth-order valence-corrected chi connectivity index (χ4v) is 5.00. The molecule has 1 N–H and O–H groups in total. The molecule has 2 aliphatic heterocycles. The molecular weight excluding hydrogens is 452 g/mol. The monoisotopic (exact) mass is 487 g/mol. The van der Waals surface area contributed by atoms with Crippen molar-refractivity contribution in [3.63, 3.8) is 0 Å². The molecule has 3 heterocycles. The van der Waals surface area contributed by atoms with Crippen LogP contribution < -0.4 is 4.74 Å². The number of rotatable bonds is 8. The van der Waals surface area contributed by atoms with Gasteiger partial charge in [-0.15, -0.1) is 0 Å². The normalized spacial score (nSPS) is 19.8. The number of carbonyl (C=O) groups excluding carboxylic acids is 1. The summed E-state index contributed by atoms with van der Waals surface area (Å²) in [5, 5.41) is 9.46. The van der Waals surface area contributed by atoms with E-state index in [0.29, 0.717) is 37.1 Å². The second kappa shape index (κ2) is 11.0. The first-order chi connectivity index (χ1) is 16.7. The van der Waals surface area contributed by atoms with E-state index in [9.17, 15) is 18.7 Å². The second-order valence-corrected chi connectivity index (χ2v) is 10.3. The number of hydrogen-bond acceptors (Lipinski definition) is 5. The van der Waals surface area contributed by atoms with E-state index in [1.807, 2.05) is 6.07 Å². The van der Waals surface area contributed by atoms with Crippen molar-refractivity contribution in [2.75, 3.05) is 39.4 Å². The van der Waals surface area contributed by atoms with Crippen molar-refractivity contribution >= 4 is 5.91 Å². The maximum Gasteiger partial charge on any atom is 0.257 e. The Morgan fingerprint density at radius 3 is 2.51 bits per heavy atom. The van der Waals surface area contributed by atoms with Gasteiger partial charge in [0.1, 0.15) is 11.5 Å². The maximum absolute atomic E-state index is 14.8. The molecule has 0 spiro atoms. The second-order valence-electron chi connectivity index (χ2n) is 10.3. The number of alkyl halides is 1. The van der Waals surface area contributed by atoms with Crippen LogP contribution in [-0.2, 0) is 0 Å². The lowest BCUT2D eigenvalue weighted by molar-refractivity contribution is 0.0673. The van der Waals surface area contributed by atoms with Gasteiger partial charge < -0.3 is 19.6 Å². The van der Waals surface area contributed by atoms with E-state index in [1.165, 1.54) is 12.1 Å². The van der Waals surface area contributed by atoms with Crippen molar-refractivity contribution in [1.29, 1.82) is 0 Å². The van der Waals surface area contributed by atoms with Gasteiger partial charge >= 0.3 is 0 Å². The van der Waals surface area contributed by atoms with E-state index >= 15 is 0 Å². The lowest BCUT2D eigenvalue weighted by atomic mass is 9.97. The van der Waals surface area contributed by atoms with Crippen LogP contribution in [0.2, 0.25) is 0 Å². The molecule has 0 radical (unpaired) electrons. The van der Waals surface area contributed by atoms with Gasteiger partial charge in [-0.2, -0.15) is 0 Å². The van der Waals surface area contributed by atoms with Crippen LogP contribution in [0.5, 0.6) is 5.88 Å². The minimum Gasteiger partial charge on any atom is -0.477 e. The molecule has 8 heteroatoms. The van der Waals surface area contributed by atoms with Gasteiger partial charge in [0, 0.05) is 30.9 Å². The van der Waals surface area contributed by atoms with Crippen LogP contribution in [-0.4, -0.2) is 76.9 Å². The van der Waals surface area contributed by atoms with Crippen molar-refractivity contribution in [2.45, 2.75) is 51.2 Å². The molecule has 2 aliphatic rings. The summed E-state index contributed by atoms with van der Waals surface area (Å²) in [6.45, 7) is 6.42. The van der Waals surface area contributed by atoms with Gasteiger partial charge in [-0.1, -0.05) is 6.07 Å². The Balaban J connectivity index is 1.31. The third kappa shape index (κ3) is 6.55. The zero-order valence-electron chi connectivity index (χ0n) is 20.6. The molecule has 1 aromatic heterocycles. The molecule has 35 heavy (non-hydrogen) atoms. The average Bonchev–Trinajstić information content (AvgIpc) is 3.31. The van der Waals surface area contributed by atoms with Crippen LogP contribution in [0.1, 0.15) is 49.9 Å². The predicted octanol–water partition coefficient (Wildman–Crippen LogP) is 4.32. The van der Waals surface area contributed by atoms with Crippen molar-refractivity contribution < 1.29 is 23.4 Å². The summed E-state index contributed by atoms with van der Waals surface area (Å²) < 4.78 is 34.5. The minimum atomic E-state index is -1.18. The highest BCUT2D eigenvalue weighted by molar-refractivity contribution is 5.95. The number of carbonyl (C=O) groups is 1. The van der Waals surface area contributed by atoms with Crippen molar-refractivity contribution in [1.82, 2.24) is 14.8 Å². The van der Waals surface area contributed by atoms with E-state index < -0.39 is 11.5 Å². The third-order valence-electron chi connectivity index (χ3n) is 6.89. The average molecular weight is 488 g/mol. The Labute approximate surface area is 205 Å². The van der Waals surface area contributed by atoms with Crippen molar-refractivity contribution in [3.8, 4) is 17.0 Å². The predicted molar refractivity (Wildman–Crippen MR) is 131 cm³/mol. The van der Waals surface area contributed by atoms with Crippen molar-refractivity contribution in [2.24, 2.45) is 5.92 Å². The lowest BCUT2D eigenvalue weighted by Gasteiger charge is -2.34. The van der Waals surface area contributed by atoms with Crippen LogP contribution in [0.4, 0.5) is 8.78 Å². The quantitative estimate of drug-likeness (QED) is 0.601. The van der Waals surface area contributed by atoms with E-state index in [1.54, 1.807) is 37.1 Å². The number of benzene rings is 1. The van der Waals surface area contributed by atoms with Crippen LogP contribution in [0, 0.1) is 11.7 Å². The molecule has 0 bridgehead atoms. The van der Waals surface area contributed by atoms with Crippen LogP contribution >= 0.6 is 0 Å². The van der Waals surface area contributed by atoms with E-state index in [4.69, 9.17) is 4.74 Å². The molecule has 1 atom stereocenters. The van der Waals surface area contributed by atoms with Gasteiger partial charge in [-0.05, 0) is 82.3 Å². The van der Waals surface area contributed by atoms with Crippen LogP contribution in [0.15, 0.2) is 36.5 Å². The maximum atomic E-state index is 14.8. The summed E-state index contributed by atoms with van der Waals surface area (Å²) >= 11 is 0. The number of aromatic nitrogens is 1. The molecule has 2 aromatic rings. The zero-order chi connectivity index (χ0) is 25.0. The number of pyridine rings is 1. The van der Waals surface area contributed by atoms with Gasteiger partial charge in [0.25, 0.3) is 5.91 Å². The highest BCUT2D eigenvalue weighted by Gasteiger charge is 2.30. The van der Waals surface area contributed by atoms with Gasteiger partial charge in [-0.25, -0.2) is 13.8 Å². The summed E-state index contributed by atoms with van der Waals surface area (Å²) in [6, 6.07) is 7.91. The van der Waals surface area contributed by atoms with Gasteiger partial charge in [0.15, 0.2) is 0 Å². The van der Waals surface area contributed by atoms with Gasteiger partial charge in [-0.3, -0.25) is 4.79 Å². The largest absolute Gasteiger partial charge is 0.477 e. The Morgan fingerprint density at radius 1 is 1.14 bits per heavy atom. The Kier molecular flexibility index (Phi) is 8.02. The molecule has 0 unspecified atom stereocenters. The molecule has 190 valence electrons. The highest BCUT2D eigenvalue weighted by atomic mass is 19.1. The number of nitrogens with zero attached hydrogens (tertiary/aromatic N) is 3. The smallest absolute Gasteiger partial charge is 0.257 e. The standard InChI is InChI=1S/C27H35F2N3O3/c1-27(2,29)18-31-12-9-19(10-13-31)17-35-25-8-6-21(15-30-25)20-5-7-23(24(28)14-20)26(34)32-11-3-4-22(32)16-33/h5-8,14-15,19,22,33H,3-4,9-13,16-18H2,1-2H3/t22-/m0/s1. The number of halogens is 2. The molecule has 6 nitrogen and oxygen atoms in total. The van der Waals surface area contributed by atoms with Gasteiger partial charge in [0.2, 0.25) is 5.88 Å². The fraction of sp³-hybridized carbons (Fsp3) is 0.556. The fourth-order valence-electron chi connectivity index (χ4n) is 5.00. The number of amides is 1. The van der Waals surface area contributed by atoms with Gasteiger partial charge in [0.05, 0.1) is 24.8 Å². The molecule has 2 fully saturated rings. The third-order valence-corrected chi connectivity index (χ3v) is 6.89. The first-order valence-corrected chi connectivity index (χ1v) is 12.5. The molecule has 2 saturated heterocycles. The first kappa shape index (κ1) is 25.5. The summed E-state index contributed by atoms with van der Waals surface area (Å²) in [6.07, 6.45) is 5.12. The highest BCUT2D eigenvalue weighted by Crippen LogP contribution is 2.26. The summed E-state index contributed by atoms with van der Waals surface area (Å²) in [4.78, 5) is 20.8. The SMILES string of the molecule is CC(C)(F)CN1CCC(COc2ccc(-c3ccc(C(=O)N4CCC[C@H]4CO)c(F)c3)cn2)CC1. The minimum absolute atomic E-state index is 0.0168. The molecule has 0 aliphatic carbocycles. The molecule has 1 amide bonds. The van der Waals surface area contributed by atoms with Crippen LogP contribution in [0.25, 0.3) is 11.1 Å². The summed E-state index contributed by atoms with van der Waals surface area (Å²) in [5.74, 6) is -0.0429. The lowest BCUT2D eigenvalue weighted by Crippen LogP contribution is -2.41.